The van der Waals surface area contributed by atoms with E-state index in [4.69, 9.17) is 0 Å². The molecule has 1 aromatic carbocycles. The van der Waals surface area contributed by atoms with Gasteiger partial charge in [-0.1, -0.05) is 43.7 Å². The number of aryl methyl sites for hydroxylation is 2. The maximum Gasteiger partial charge on any atom is 0.0728 e. The molecule has 0 saturated carbocycles. The van der Waals surface area contributed by atoms with Crippen LogP contribution in [0.3, 0.4) is 0 Å². The topological polar surface area (TPSA) is 20.2 Å². The van der Waals surface area contributed by atoms with Gasteiger partial charge in [-0.3, -0.25) is 0 Å². The Bertz CT molecular complexity index is 468. The summed E-state index contributed by atoms with van der Waals surface area (Å²) in [5.74, 6) is 0. The van der Waals surface area contributed by atoms with Crippen molar-refractivity contribution in [3.05, 3.63) is 46.5 Å². The molecule has 0 fully saturated rings. The predicted molar refractivity (Wildman–Crippen MR) is 76.7 cm³/mol. The van der Waals surface area contributed by atoms with Crippen molar-refractivity contribution >= 4 is 0 Å². The molecule has 1 unspecified atom stereocenters. The van der Waals surface area contributed by atoms with Crippen LogP contribution in [0.15, 0.2) is 29.8 Å². The second-order valence-electron chi connectivity index (χ2n) is 6.53. The number of allylic oxidation sites excluding steroid dienone is 1. The minimum absolute atomic E-state index is 0.225. The molecular weight excluding hydrogens is 220 g/mol. The van der Waals surface area contributed by atoms with Crippen LogP contribution in [0.5, 0.6) is 0 Å². The lowest BCUT2D eigenvalue weighted by molar-refractivity contribution is 0.138. The van der Waals surface area contributed by atoms with Crippen LogP contribution < -0.4 is 0 Å². The predicted octanol–water partition coefficient (Wildman–Crippen LogP) is 3.95. The molecule has 0 aromatic heterocycles. The molecule has 0 heterocycles. The van der Waals surface area contributed by atoms with Crippen molar-refractivity contribution in [2.45, 2.75) is 53.1 Å². The van der Waals surface area contributed by atoms with Gasteiger partial charge >= 0.3 is 0 Å². The normalized spacial score (nSPS) is 22.7. The van der Waals surface area contributed by atoms with Crippen LogP contribution in [0.2, 0.25) is 0 Å². The van der Waals surface area contributed by atoms with Crippen LogP contribution in [-0.2, 0) is 6.42 Å². The summed E-state index contributed by atoms with van der Waals surface area (Å²) >= 11 is 0. The molecule has 0 amide bonds. The van der Waals surface area contributed by atoms with E-state index < -0.39 is 0 Å². The largest absolute Gasteiger partial charge is 0.389 e. The lowest BCUT2D eigenvalue weighted by Gasteiger charge is -2.32. The van der Waals surface area contributed by atoms with Crippen LogP contribution in [0.25, 0.3) is 0 Å². The molecule has 1 heteroatoms. The fraction of sp³-hybridized carbons (Fsp3) is 0.529. The SMILES string of the molecule is Cc1ccc(CC2=CC(O)CC(C)(C)C2)cc1C. The van der Waals surface area contributed by atoms with Gasteiger partial charge in [-0.05, 0) is 55.2 Å². The van der Waals surface area contributed by atoms with Crippen molar-refractivity contribution in [2.75, 3.05) is 0 Å². The number of aliphatic hydroxyl groups excluding tert-OH is 1. The van der Waals surface area contributed by atoms with Crippen LogP contribution >= 0.6 is 0 Å². The first-order valence-electron chi connectivity index (χ1n) is 6.79. The molecule has 0 aliphatic heterocycles. The van der Waals surface area contributed by atoms with E-state index in [9.17, 15) is 5.11 Å². The quantitative estimate of drug-likeness (QED) is 0.781. The van der Waals surface area contributed by atoms with E-state index in [1.54, 1.807) is 0 Å². The van der Waals surface area contributed by atoms with Crippen LogP contribution in [0.1, 0.15) is 43.4 Å². The lowest BCUT2D eigenvalue weighted by atomic mass is 9.75. The van der Waals surface area contributed by atoms with Gasteiger partial charge < -0.3 is 5.11 Å². The van der Waals surface area contributed by atoms with E-state index in [2.05, 4.69) is 52.0 Å². The monoisotopic (exact) mass is 244 g/mol. The van der Waals surface area contributed by atoms with Gasteiger partial charge in [0.2, 0.25) is 0 Å². The van der Waals surface area contributed by atoms with E-state index in [0.29, 0.717) is 0 Å². The van der Waals surface area contributed by atoms with Gasteiger partial charge in [-0.25, -0.2) is 0 Å². The Morgan fingerprint density at radius 2 is 1.94 bits per heavy atom. The molecule has 0 saturated heterocycles. The van der Waals surface area contributed by atoms with Crippen LogP contribution in [0.4, 0.5) is 0 Å². The second kappa shape index (κ2) is 4.89. The van der Waals surface area contributed by atoms with E-state index >= 15 is 0 Å². The second-order valence-corrected chi connectivity index (χ2v) is 6.53. The molecule has 98 valence electrons. The van der Waals surface area contributed by atoms with E-state index in [-0.39, 0.29) is 11.5 Å². The first-order valence-corrected chi connectivity index (χ1v) is 6.79. The number of aliphatic hydroxyl groups is 1. The van der Waals surface area contributed by atoms with Gasteiger partial charge in [0.25, 0.3) is 0 Å². The molecule has 0 radical (unpaired) electrons. The Morgan fingerprint density at radius 1 is 1.22 bits per heavy atom. The summed E-state index contributed by atoms with van der Waals surface area (Å²) in [5.41, 5.74) is 5.65. The fourth-order valence-corrected chi connectivity index (χ4v) is 2.94. The smallest absolute Gasteiger partial charge is 0.0728 e. The molecule has 1 aliphatic carbocycles. The Hall–Kier alpha value is -1.08. The molecule has 2 rings (SSSR count). The molecule has 1 N–H and O–H groups in total. The molecule has 1 nitrogen and oxygen atoms in total. The summed E-state index contributed by atoms with van der Waals surface area (Å²) in [7, 11) is 0. The standard InChI is InChI=1S/C17H24O/c1-12-5-6-14(7-13(12)2)8-15-9-16(18)11-17(3,4)10-15/h5-7,9,16,18H,8,10-11H2,1-4H3. The number of rotatable bonds is 2. The lowest BCUT2D eigenvalue weighted by Crippen LogP contribution is -2.25. The Kier molecular flexibility index (Phi) is 3.63. The molecule has 0 spiro atoms. The van der Waals surface area contributed by atoms with Crippen molar-refractivity contribution in [2.24, 2.45) is 5.41 Å². The number of hydrogen-bond acceptors (Lipinski definition) is 1. The minimum atomic E-state index is -0.268. The van der Waals surface area contributed by atoms with E-state index in [1.165, 1.54) is 22.3 Å². The third-order valence-corrected chi connectivity index (χ3v) is 3.90. The molecule has 1 atom stereocenters. The zero-order valence-corrected chi connectivity index (χ0v) is 12.0. The molecular formula is C17H24O. The number of hydrogen-bond donors (Lipinski definition) is 1. The van der Waals surface area contributed by atoms with Gasteiger partial charge in [-0.2, -0.15) is 0 Å². The van der Waals surface area contributed by atoms with Crippen LogP contribution in [-0.4, -0.2) is 11.2 Å². The van der Waals surface area contributed by atoms with E-state index in [0.717, 1.165) is 19.3 Å². The molecule has 0 bridgehead atoms. The molecule has 1 aliphatic rings. The van der Waals surface area contributed by atoms with Crippen molar-refractivity contribution < 1.29 is 5.11 Å². The Balaban J connectivity index is 2.16. The average molecular weight is 244 g/mol. The molecule has 18 heavy (non-hydrogen) atoms. The zero-order valence-electron chi connectivity index (χ0n) is 12.0. The van der Waals surface area contributed by atoms with Crippen LogP contribution in [0, 0.1) is 19.3 Å². The summed E-state index contributed by atoms with van der Waals surface area (Å²) in [4.78, 5) is 0. The summed E-state index contributed by atoms with van der Waals surface area (Å²) in [6, 6.07) is 6.66. The first kappa shape index (κ1) is 13.4. The van der Waals surface area contributed by atoms with Gasteiger partial charge in [0.05, 0.1) is 6.10 Å². The zero-order chi connectivity index (χ0) is 13.3. The van der Waals surface area contributed by atoms with Crippen molar-refractivity contribution in [1.82, 2.24) is 0 Å². The van der Waals surface area contributed by atoms with Crippen molar-refractivity contribution in [3.63, 3.8) is 0 Å². The van der Waals surface area contributed by atoms with Gasteiger partial charge in [0.1, 0.15) is 0 Å². The third kappa shape index (κ3) is 3.23. The van der Waals surface area contributed by atoms with Crippen molar-refractivity contribution in [1.29, 1.82) is 0 Å². The minimum Gasteiger partial charge on any atom is -0.389 e. The number of benzene rings is 1. The fourth-order valence-electron chi connectivity index (χ4n) is 2.94. The average Bonchev–Trinajstić information content (AvgIpc) is 2.20. The summed E-state index contributed by atoms with van der Waals surface area (Å²) < 4.78 is 0. The van der Waals surface area contributed by atoms with Crippen molar-refractivity contribution in [3.8, 4) is 0 Å². The van der Waals surface area contributed by atoms with Gasteiger partial charge in [-0.15, -0.1) is 0 Å². The third-order valence-electron chi connectivity index (χ3n) is 3.90. The highest BCUT2D eigenvalue weighted by Gasteiger charge is 2.27. The molecule has 1 aromatic rings. The maximum atomic E-state index is 9.92. The maximum absolute atomic E-state index is 9.92. The Labute approximate surface area is 111 Å². The highest BCUT2D eigenvalue weighted by molar-refractivity contribution is 5.33. The summed E-state index contributed by atoms with van der Waals surface area (Å²) in [5, 5.41) is 9.92. The highest BCUT2D eigenvalue weighted by Crippen LogP contribution is 2.36. The highest BCUT2D eigenvalue weighted by atomic mass is 16.3. The van der Waals surface area contributed by atoms with Gasteiger partial charge in [0, 0.05) is 0 Å². The summed E-state index contributed by atoms with van der Waals surface area (Å²) in [6.07, 6.45) is 4.73. The first-order chi connectivity index (χ1) is 8.35. The van der Waals surface area contributed by atoms with E-state index in [1.807, 2.05) is 0 Å². The Morgan fingerprint density at radius 3 is 2.56 bits per heavy atom. The summed E-state index contributed by atoms with van der Waals surface area (Å²) in [6.45, 7) is 8.78. The van der Waals surface area contributed by atoms with Gasteiger partial charge in [0.15, 0.2) is 0 Å².